The smallest absolute Gasteiger partial charge is 0.255 e. The number of ether oxygens (including phenoxy) is 1. The van der Waals surface area contributed by atoms with Gasteiger partial charge < -0.3 is 26.2 Å². The van der Waals surface area contributed by atoms with E-state index < -0.39 is 12.6 Å². The number of nitrogens with one attached hydrogen (secondary N) is 2. The van der Waals surface area contributed by atoms with E-state index in [0.29, 0.717) is 39.0 Å². The molecule has 1 aromatic heterocycles. The first-order valence-corrected chi connectivity index (χ1v) is 11.4. The van der Waals surface area contributed by atoms with E-state index in [0.717, 1.165) is 5.56 Å². The number of carbonyl (C=O) groups is 1. The van der Waals surface area contributed by atoms with Crippen molar-refractivity contribution in [1.82, 2.24) is 10.3 Å². The zero-order chi connectivity index (χ0) is 25.7. The number of hydrogen-bond donors (Lipinski definition) is 4. The van der Waals surface area contributed by atoms with Gasteiger partial charge in [0.15, 0.2) is 0 Å². The van der Waals surface area contributed by atoms with E-state index in [1.54, 1.807) is 49.6 Å². The lowest BCUT2D eigenvalue weighted by molar-refractivity contribution is 0.0951. The van der Waals surface area contributed by atoms with Crippen LogP contribution in [0.25, 0.3) is 11.3 Å². The van der Waals surface area contributed by atoms with E-state index in [1.807, 2.05) is 24.3 Å². The number of nitrogens with zero attached hydrogens (tertiary/aromatic N) is 1. The number of halogens is 2. The Morgan fingerprint density at radius 1 is 1.08 bits per heavy atom. The number of rotatable bonds is 8. The molecule has 4 aromatic rings. The fourth-order valence-electron chi connectivity index (χ4n) is 3.71. The quantitative estimate of drug-likeness (QED) is 0.223. The lowest BCUT2D eigenvalue weighted by atomic mass is 10.1. The molecule has 0 saturated carbocycles. The number of nitrogens with two attached hydrogens (primary N) is 1. The van der Waals surface area contributed by atoms with Crippen molar-refractivity contribution >= 4 is 34.7 Å². The summed E-state index contributed by atoms with van der Waals surface area (Å²) in [6, 6.07) is 20.2. The van der Waals surface area contributed by atoms with Gasteiger partial charge in [-0.1, -0.05) is 29.8 Å². The number of aromatic nitrogens is 1. The highest BCUT2D eigenvalue weighted by atomic mass is 35.5. The second kappa shape index (κ2) is 11.0. The van der Waals surface area contributed by atoms with Gasteiger partial charge in [-0.05, 0) is 54.6 Å². The van der Waals surface area contributed by atoms with Crippen LogP contribution in [0, 0.1) is 0 Å². The van der Waals surface area contributed by atoms with Gasteiger partial charge in [0.25, 0.3) is 5.91 Å². The predicted molar refractivity (Wildman–Crippen MR) is 139 cm³/mol. The lowest BCUT2D eigenvalue weighted by Crippen LogP contribution is -2.24. The molecule has 5 N–H and O–H groups in total. The van der Waals surface area contributed by atoms with Gasteiger partial charge in [-0.3, -0.25) is 4.79 Å². The molecular formula is C27H24ClFN4O3. The van der Waals surface area contributed by atoms with Gasteiger partial charge in [-0.25, -0.2) is 9.37 Å². The van der Waals surface area contributed by atoms with Gasteiger partial charge in [0.1, 0.15) is 24.0 Å². The number of hydrogen-bond acceptors (Lipinski definition) is 6. The van der Waals surface area contributed by atoms with Gasteiger partial charge in [-0.2, -0.15) is 0 Å². The molecule has 1 amide bonds. The fraction of sp³-hybridized carbons (Fsp3) is 0.111. The average Bonchev–Trinajstić information content (AvgIpc) is 2.89. The lowest BCUT2D eigenvalue weighted by Gasteiger charge is -2.14. The number of amides is 1. The van der Waals surface area contributed by atoms with E-state index in [1.165, 1.54) is 6.07 Å². The maximum Gasteiger partial charge on any atom is 0.255 e. The van der Waals surface area contributed by atoms with Crippen LogP contribution in [0.4, 0.5) is 21.6 Å². The Labute approximate surface area is 212 Å². The Balaban J connectivity index is 1.54. The maximum absolute atomic E-state index is 13.4. The van der Waals surface area contributed by atoms with Gasteiger partial charge in [-0.15, -0.1) is 0 Å². The first-order valence-electron chi connectivity index (χ1n) is 11.0. The third-order valence-electron chi connectivity index (χ3n) is 5.56. The molecule has 4 rings (SSSR count). The number of phenols is 1. The molecule has 0 spiro atoms. The number of aromatic hydroxyl groups is 1. The molecule has 0 fully saturated rings. The zero-order valence-electron chi connectivity index (χ0n) is 19.4. The zero-order valence-corrected chi connectivity index (χ0v) is 20.1. The van der Waals surface area contributed by atoms with Gasteiger partial charge in [0.05, 0.1) is 18.4 Å². The normalized spacial score (nSPS) is 10.6. The molecule has 0 aliphatic heterocycles. The van der Waals surface area contributed by atoms with Crippen molar-refractivity contribution in [3.8, 4) is 22.8 Å². The summed E-state index contributed by atoms with van der Waals surface area (Å²) in [5.41, 5.74) is 9.44. The van der Waals surface area contributed by atoms with E-state index >= 15 is 0 Å². The number of alkyl halides is 1. The van der Waals surface area contributed by atoms with E-state index in [-0.39, 0.29) is 23.7 Å². The summed E-state index contributed by atoms with van der Waals surface area (Å²) in [6.45, 7) is -0.434. The van der Waals surface area contributed by atoms with Crippen LogP contribution < -0.4 is 21.1 Å². The van der Waals surface area contributed by atoms with Crippen molar-refractivity contribution in [2.24, 2.45) is 0 Å². The highest BCUT2D eigenvalue weighted by Crippen LogP contribution is 2.34. The van der Waals surface area contributed by atoms with Gasteiger partial charge in [0, 0.05) is 39.6 Å². The van der Waals surface area contributed by atoms with E-state index in [2.05, 4.69) is 15.6 Å². The summed E-state index contributed by atoms with van der Waals surface area (Å²) < 4.78 is 18.7. The molecule has 0 radical (unpaired) electrons. The molecule has 7 nitrogen and oxygen atoms in total. The first kappa shape index (κ1) is 24.8. The summed E-state index contributed by atoms with van der Waals surface area (Å²) in [5, 5.41) is 16.8. The molecule has 9 heteroatoms. The number of nitrogen functional groups attached to an aromatic ring is 1. The number of methoxy groups -OCH3 is 1. The monoisotopic (exact) mass is 506 g/mol. The molecule has 36 heavy (non-hydrogen) atoms. The molecule has 0 unspecified atom stereocenters. The Bertz CT molecular complexity index is 1410. The van der Waals surface area contributed by atoms with Crippen molar-refractivity contribution < 1.29 is 19.0 Å². The predicted octanol–water partition coefficient (Wildman–Crippen LogP) is 5.84. The van der Waals surface area contributed by atoms with Gasteiger partial charge in [0.2, 0.25) is 0 Å². The number of anilines is 3. The minimum atomic E-state index is -0.688. The molecule has 0 bridgehead atoms. The topological polar surface area (TPSA) is 110 Å². The number of carbonyl (C=O) groups excluding carboxylic acids is 1. The van der Waals surface area contributed by atoms with Crippen molar-refractivity contribution in [2.45, 2.75) is 13.2 Å². The van der Waals surface area contributed by atoms with Crippen molar-refractivity contribution in [2.75, 3.05) is 18.2 Å². The van der Waals surface area contributed by atoms with Crippen molar-refractivity contribution in [3.63, 3.8) is 0 Å². The summed E-state index contributed by atoms with van der Waals surface area (Å²) in [6.07, 6.45) is 0. The Morgan fingerprint density at radius 2 is 1.89 bits per heavy atom. The molecule has 1 heterocycles. The SMILES string of the molecule is COc1ccccc1CNC(=O)c1ccc(-c2cc(Nc3ccc(Cl)cc3CF)ccc2O)nc1N. The molecule has 0 aliphatic rings. The average molecular weight is 507 g/mol. The minimum Gasteiger partial charge on any atom is -0.507 e. The fourth-order valence-corrected chi connectivity index (χ4v) is 3.90. The van der Waals surface area contributed by atoms with Crippen LogP contribution >= 0.6 is 11.6 Å². The van der Waals surface area contributed by atoms with Crippen LogP contribution in [-0.2, 0) is 13.2 Å². The van der Waals surface area contributed by atoms with Crippen LogP contribution in [0.5, 0.6) is 11.5 Å². The molecule has 184 valence electrons. The largest absolute Gasteiger partial charge is 0.507 e. The third-order valence-corrected chi connectivity index (χ3v) is 5.80. The second-order valence-corrected chi connectivity index (χ2v) is 8.35. The number of phenolic OH excluding ortho intramolecular Hbond substituents is 1. The number of benzene rings is 3. The second-order valence-electron chi connectivity index (χ2n) is 7.92. The molecule has 0 aliphatic carbocycles. The highest BCUT2D eigenvalue weighted by Gasteiger charge is 2.15. The summed E-state index contributed by atoms with van der Waals surface area (Å²) >= 11 is 5.96. The van der Waals surface area contributed by atoms with Crippen molar-refractivity contribution in [3.05, 3.63) is 94.5 Å². The van der Waals surface area contributed by atoms with Crippen LogP contribution in [0.15, 0.2) is 72.8 Å². The molecule has 0 saturated heterocycles. The van der Waals surface area contributed by atoms with Crippen LogP contribution in [0.1, 0.15) is 21.5 Å². The maximum atomic E-state index is 13.4. The van der Waals surface area contributed by atoms with Gasteiger partial charge >= 0.3 is 0 Å². The first-order chi connectivity index (χ1) is 17.4. The van der Waals surface area contributed by atoms with Crippen LogP contribution in [0.2, 0.25) is 5.02 Å². The summed E-state index contributed by atoms with van der Waals surface area (Å²) in [4.78, 5) is 17.1. The molecular weight excluding hydrogens is 483 g/mol. The van der Waals surface area contributed by atoms with E-state index in [9.17, 15) is 14.3 Å². The standard InChI is InChI=1S/C27H24ClFN4O3/c1-36-25-5-3-2-4-16(25)15-31-27(35)20-8-10-23(33-26(20)30)21-13-19(7-11-24(21)34)32-22-9-6-18(28)12-17(22)14-29/h2-13,32,34H,14-15H2,1H3,(H2,30,33)(H,31,35). The highest BCUT2D eigenvalue weighted by molar-refractivity contribution is 6.30. The Morgan fingerprint density at radius 3 is 2.64 bits per heavy atom. The Hall–Kier alpha value is -4.30. The van der Waals surface area contributed by atoms with Crippen LogP contribution in [-0.4, -0.2) is 23.1 Å². The summed E-state index contributed by atoms with van der Waals surface area (Å²) in [7, 11) is 1.57. The summed E-state index contributed by atoms with van der Waals surface area (Å²) in [5.74, 6) is 0.266. The van der Waals surface area contributed by atoms with Crippen molar-refractivity contribution in [1.29, 1.82) is 0 Å². The van der Waals surface area contributed by atoms with E-state index in [4.69, 9.17) is 22.1 Å². The molecule has 0 atom stereocenters. The van der Waals surface area contributed by atoms with Crippen LogP contribution in [0.3, 0.4) is 0 Å². The number of pyridine rings is 1. The minimum absolute atomic E-state index is 0.0141. The number of para-hydroxylation sites is 1. The third kappa shape index (κ3) is 5.50. The Kier molecular flexibility index (Phi) is 7.56. The molecule has 3 aromatic carbocycles.